The number of hydrogen-bond acceptors (Lipinski definition) is 5. The largest absolute Gasteiger partial charge is 0.325 e. The second-order valence-electron chi connectivity index (χ2n) is 8.05. The summed E-state index contributed by atoms with van der Waals surface area (Å²) in [6, 6.07) is 28.8. The maximum absolute atomic E-state index is 12.6. The van der Waals surface area contributed by atoms with E-state index in [-0.39, 0.29) is 17.4 Å². The minimum atomic E-state index is -0.224. The van der Waals surface area contributed by atoms with Crippen LogP contribution < -0.4 is 5.32 Å². The van der Waals surface area contributed by atoms with Crippen LogP contribution in [-0.4, -0.2) is 22.4 Å². The number of benzene rings is 3. The first-order chi connectivity index (χ1) is 16.9. The molecule has 0 atom stereocenters. The molecule has 0 fully saturated rings. The summed E-state index contributed by atoms with van der Waals surface area (Å²) in [4.78, 5) is 28.8. The van der Waals surface area contributed by atoms with Gasteiger partial charge in [-0.25, -0.2) is 4.98 Å². The first kappa shape index (κ1) is 23.9. The van der Waals surface area contributed by atoms with E-state index in [0.29, 0.717) is 21.8 Å². The highest BCUT2D eigenvalue weighted by molar-refractivity contribution is 8.00. The Labute approximate surface area is 208 Å². The Morgan fingerprint density at radius 1 is 0.943 bits per heavy atom. The highest BCUT2D eigenvalue weighted by Gasteiger charge is 2.17. The van der Waals surface area contributed by atoms with Crippen LogP contribution in [0.25, 0.3) is 22.4 Å². The normalized spacial score (nSPS) is 10.4. The Balaban J connectivity index is 1.63. The summed E-state index contributed by atoms with van der Waals surface area (Å²) in [5.74, 6) is -0.170. The second kappa shape index (κ2) is 10.8. The molecule has 0 unspecified atom stereocenters. The zero-order chi connectivity index (χ0) is 24.8. The molecule has 1 amide bonds. The lowest BCUT2D eigenvalue weighted by molar-refractivity contribution is -0.113. The number of hydrogen-bond donors (Lipinski definition) is 1. The van der Waals surface area contributed by atoms with E-state index in [1.54, 1.807) is 24.3 Å². The van der Waals surface area contributed by atoms with E-state index in [1.165, 1.54) is 18.7 Å². The molecule has 35 heavy (non-hydrogen) atoms. The first-order valence-corrected chi connectivity index (χ1v) is 12.0. The molecule has 3 aromatic carbocycles. The van der Waals surface area contributed by atoms with Gasteiger partial charge in [0.1, 0.15) is 11.1 Å². The van der Waals surface area contributed by atoms with Crippen molar-refractivity contribution >= 4 is 29.1 Å². The van der Waals surface area contributed by atoms with Crippen molar-refractivity contribution < 1.29 is 9.59 Å². The third-order valence-electron chi connectivity index (χ3n) is 5.45. The van der Waals surface area contributed by atoms with Crippen molar-refractivity contribution in [1.82, 2.24) is 4.98 Å². The van der Waals surface area contributed by atoms with Gasteiger partial charge in [0.2, 0.25) is 5.91 Å². The van der Waals surface area contributed by atoms with Gasteiger partial charge in [0.25, 0.3) is 0 Å². The summed E-state index contributed by atoms with van der Waals surface area (Å²) in [5, 5.41) is 13.4. The summed E-state index contributed by atoms with van der Waals surface area (Å²) in [5.41, 5.74) is 6.14. The minimum Gasteiger partial charge on any atom is -0.325 e. The number of nitrogens with one attached hydrogen (secondary N) is 1. The van der Waals surface area contributed by atoms with Crippen LogP contribution in [0.2, 0.25) is 0 Å². The quantitative estimate of drug-likeness (QED) is 0.242. The molecular weight excluding hydrogens is 454 g/mol. The summed E-state index contributed by atoms with van der Waals surface area (Å²) in [6.07, 6.45) is 0. The van der Waals surface area contributed by atoms with E-state index in [4.69, 9.17) is 4.98 Å². The van der Waals surface area contributed by atoms with Crippen LogP contribution in [0.1, 0.15) is 28.4 Å². The number of aromatic nitrogens is 1. The molecular formula is C29H23N3O2S. The number of Topliss-reactive ketones (excluding diaryl/α,β-unsaturated/α-hetero) is 1. The number of carbonyl (C=O) groups is 2. The highest BCUT2D eigenvalue weighted by atomic mass is 32.2. The fraction of sp³-hybridized carbons (Fsp3) is 0.103. The Bertz CT molecular complexity index is 1410. The van der Waals surface area contributed by atoms with E-state index in [9.17, 15) is 14.9 Å². The van der Waals surface area contributed by atoms with Gasteiger partial charge < -0.3 is 5.32 Å². The molecule has 0 saturated heterocycles. The summed E-state index contributed by atoms with van der Waals surface area (Å²) >= 11 is 1.23. The molecule has 0 aliphatic carbocycles. The molecule has 0 aliphatic rings. The first-order valence-electron chi connectivity index (χ1n) is 11.1. The van der Waals surface area contributed by atoms with Crippen molar-refractivity contribution in [3.8, 4) is 28.5 Å². The van der Waals surface area contributed by atoms with Crippen molar-refractivity contribution in [2.75, 3.05) is 11.1 Å². The molecule has 172 valence electrons. The summed E-state index contributed by atoms with van der Waals surface area (Å²) < 4.78 is 0. The Morgan fingerprint density at radius 3 is 2.26 bits per heavy atom. The molecule has 0 radical (unpaired) electrons. The van der Waals surface area contributed by atoms with Crippen LogP contribution in [0, 0.1) is 18.3 Å². The lowest BCUT2D eigenvalue weighted by Crippen LogP contribution is -2.14. The van der Waals surface area contributed by atoms with E-state index < -0.39 is 0 Å². The maximum Gasteiger partial charge on any atom is 0.234 e. The second-order valence-corrected chi connectivity index (χ2v) is 9.01. The van der Waals surface area contributed by atoms with Gasteiger partial charge in [-0.3, -0.25) is 9.59 Å². The molecule has 1 heterocycles. The van der Waals surface area contributed by atoms with E-state index >= 15 is 0 Å². The average molecular weight is 478 g/mol. The van der Waals surface area contributed by atoms with Crippen LogP contribution >= 0.6 is 11.8 Å². The third kappa shape index (κ3) is 5.84. The van der Waals surface area contributed by atoms with Crippen molar-refractivity contribution in [3.05, 3.63) is 102 Å². The number of amides is 1. The lowest BCUT2D eigenvalue weighted by Gasteiger charge is -2.13. The van der Waals surface area contributed by atoms with Crippen molar-refractivity contribution in [2.24, 2.45) is 0 Å². The smallest absolute Gasteiger partial charge is 0.234 e. The van der Waals surface area contributed by atoms with Gasteiger partial charge in [0.05, 0.1) is 17.0 Å². The molecule has 1 aromatic heterocycles. The van der Waals surface area contributed by atoms with Crippen LogP contribution in [0.5, 0.6) is 0 Å². The van der Waals surface area contributed by atoms with Gasteiger partial charge in [0, 0.05) is 22.4 Å². The van der Waals surface area contributed by atoms with E-state index in [2.05, 4.69) is 11.4 Å². The van der Waals surface area contributed by atoms with Crippen LogP contribution in [-0.2, 0) is 4.79 Å². The Morgan fingerprint density at radius 2 is 1.63 bits per heavy atom. The maximum atomic E-state index is 12.6. The number of aryl methyl sites for hydroxylation is 1. The van der Waals surface area contributed by atoms with Gasteiger partial charge in [-0.1, -0.05) is 71.9 Å². The number of nitriles is 1. The average Bonchev–Trinajstić information content (AvgIpc) is 2.88. The number of anilines is 1. The van der Waals surface area contributed by atoms with Crippen LogP contribution in [0.15, 0.2) is 90.0 Å². The zero-order valence-electron chi connectivity index (χ0n) is 19.4. The molecule has 4 rings (SSSR count). The number of rotatable bonds is 7. The topological polar surface area (TPSA) is 82.8 Å². The summed E-state index contributed by atoms with van der Waals surface area (Å²) in [6.45, 7) is 3.52. The molecule has 4 aromatic rings. The van der Waals surface area contributed by atoms with Gasteiger partial charge in [0.15, 0.2) is 5.78 Å². The van der Waals surface area contributed by atoms with Crippen LogP contribution in [0.4, 0.5) is 5.69 Å². The van der Waals surface area contributed by atoms with Crippen molar-refractivity contribution in [2.45, 2.75) is 18.9 Å². The van der Waals surface area contributed by atoms with Crippen LogP contribution in [0.3, 0.4) is 0 Å². The Kier molecular flexibility index (Phi) is 7.39. The number of ketones is 1. The van der Waals surface area contributed by atoms with Gasteiger partial charge in [-0.15, -0.1) is 0 Å². The minimum absolute atomic E-state index is 0.0313. The Hall–Kier alpha value is -4.21. The van der Waals surface area contributed by atoms with Crippen molar-refractivity contribution in [1.29, 1.82) is 5.26 Å². The van der Waals surface area contributed by atoms with E-state index in [0.717, 1.165) is 27.9 Å². The molecule has 0 spiro atoms. The molecule has 0 aliphatic heterocycles. The lowest BCUT2D eigenvalue weighted by atomic mass is 9.98. The number of carbonyl (C=O) groups excluding carboxylic acids is 2. The van der Waals surface area contributed by atoms with Gasteiger partial charge >= 0.3 is 0 Å². The fourth-order valence-electron chi connectivity index (χ4n) is 3.57. The monoisotopic (exact) mass is 477 g/mol. The predicted octanol–water partition coefficient (Wildman–Crippen LogP) is 6.53. The summed E-state index contributed by atoms with van der Waals surface area (Å²) in [7, 11) is 0. The fourth-order valence-corrected chi connectivity index (χ4v) is 4.37. The number of thioether (sulfide) groups is 1. The standard InChI is InChI=1S/C29H23N3O2S/c1-19-8-10-22(11-9-19)25-16-27(23-6-4-3-5-7-23)32-29(26(25)17-30)35-18-28(34)31-24-14-12-21(13-15-24)20(2)33/h3-16H,18H2,1-2H3,(H,31,34). The zero-order valence-corrected chi connectivity index (χ0v) is 20.2. The third-order valence-corrected chi connectivity index (χ3v) is 6.42. The molecule has 1 N–H and O–H groups in total. The SMILES string of the molecule is CC(=O)c1ccc(NC(=O)CSc2nc(-c3ccccc3)cc(-c3ccc(C)cc3)c2C#N)cc1. The van der Waals surface area contributed by atoms with Gasteiger partial charge in [-0.05, 0) is 49.7 Å². The number of nitrogens with zero attached hydrogens (tertiary/aromatic N) is 2. The highest BCUT2D eigenvalue weighted by Crippen LogP contribution is 2.34. The predicted molar refractivity (Wildman–Crippen MR) is 140 cm³/mol. The van der Waals surface area contributed by atoms with Crippen molar-refractivity contribution in [3.63, 3.8) is 0 Å². The molecule has 0 bridgehead atoms. The van der Waals surface area contributed by atoms with Gasteiger partial charge in [-0.2, -0.15) is 5.26 Å². The number of pyridine rings is 1. The molecule has 5 nitrogen and oxygen atoms in total. The molecule has 0 saturated carbocycles. The molecule has 6 heteroatoms. The van der Waals surface area contributed by atoms with E-state index in [1.807, 2.05) is 67.6 Å².